The first-order chi connectivity index (χ1) is 9.65. The minimum absolute atomic E-state index is 0.215. The van der Waals surface area contributed by atoms with Crippen LogP contribution in [-0.2, 0) is 13.6 Å². The second-order valence-corrected chi connectivity index (χ2v) is 4.70. The predicted octanol–water partition coefficient (Wildman–Crippen LogP) is 2.40. The maximum atomic E-state index is 11.8. The minimum Gasteiger partial charge on any atom is -0.459 e. The quantitative estimate of drug-likeness (QED) is 0.794. The van der Waals surface area contributed by atoms with Gasteiger partial charge in [0, 0.05) is 13.6 Å². The van der Waals surface area contributed by atoms with Crippen LogP contribution in [0.4, 0.5) is 0 Å². The summed E-state index contributed by atoms with van der Waals surface area (Å²) in [6.07, 6.45) is 1.48. The van der Waals surface area contributed by atoms with E-state index >= 15 is 0 Å². The Morgan fingerprint density at radius 3 is 3.00 bits per heavy atom. The second kappa shape index (κ2) is 4.85. The van der Waals surface area contributed by atoms with E-state index in [2.05, 4.69) is 10.3 Å². The van der Waals surface area contributed by atoms with Crippen LogP contribution >= 0.6 is 0 Å². The lowest BCUT2D eigenvalue weighted by atomic mass is 10.2. The second-order valence-electron chi connectivity index (χ2n) is 4.70. The number of nitrogens with one attached hydrogen (secondary N) is 1. The van der Waals surface area contributed by atoms with Gasteiger partial charge in [-0.15, -0.1) is 0 Å². The minimum atomic E-state index is -0.215. The van der Waals surface area contributed by atoms with Crippen LogP contribution in [0.3, 0.4) is 0 Å². The molecule has 0 saturated heterocycles. The smallest absolute Gasteiger partial charge is 0.287 e. The molecular formula is C15H15N3O2. The normalized spacial score (nSPS) is 10.9. The van der Waals surface area contributed by atoms with Crippen molar-refractivity contribution in [1.82, 2.24) is 14.9 Å². The number of nitrogens with zero attached hydrogens (tertiary/aromatic N) is 2. The van der Waals surface area contributed by atoms with E-state index in [0.29, 0.717) is 12.3 Å². The fraction of sp³-hybridized carbons (Fsp3) is 0.200. The number of carbonyl (C=O) groups excluding carboxylic acids is 1. The van der Waals surface area contributed by atoms with Gasteiger partial charge in [-0.05, 0) is 36.8 Å². The molecule has 0 spiro atoms. The van der Waals surface area contributed by atoms with E-state index in [4.69, 9.17) is 4.42 Å². The fourth-order valence-electron chi connectivity index (χ4n) is 2.15. The van der Waals surface area contributed by atoms with Crippen molar-refractivity contribution >= 4 is 16.9 Å². The van der Waals surface area contributed by atoms with E-state index in [9.17, 15) is 4.79 Å². The molecule has 1 amide bonds. The van der Waals surface area contributed by atoms with Crippen LogP contribution in [0.15, 0.2) is 41.0 Å². The zero-order chi connectivity index (χ0) is 14.1. The number of aromatic nitrogens is 2. The molecule has 1 N–H and O–H groups in total. The molecule has 3 aromatic rings. The SMILES string of the molecule is Cc1nc2cc(CNC(=O)c3ccco3)ccc2n1C. The van der Waals surface area contributed by atoms with Crippen molar-refractivity contribution in [2.45, 2.75) is 13.5 Å². The van der Waals surface area contributed by atoms with Gasteiger partial charge in [0.25, 0.3) is 5.91 Å². The molecule has 1 aromatic carbocycles. The van der Waals surface area contributed by atoms with Crippen molar-refractivity contribution in [3.63, 3.8) is 0 Å². The average molecular weight is 269 g/mol. The number of fused-ring (bicyclic) bond motifs is 1. The highest BCUT2D eigenvalue weighted by molar-refractivity contribution is 5.91. The molecule has 0 unspecified atom stereocenters. The molecule has 0 saturated carbocycles. The molecule has 5 heteroatoms. The Balaban J connectivity index is 1.76. The lowest BCUT2D eigenvalue weighted by Crippen LogP contribution is -2.22. The zero-order valence-electron chi connectivity index (χ0n) is 11.4. The molecule has 5 nitrogen and oxygen atoms in total. The van der Waals surface area contributed by atoms with Gasteiger partial charge in [-0.1, -0.05) is 6.07 Å². The van der Waals surface area contributed by atoms with E-state index in [1.54, 1.807) is 12.1 Å². The van der Waals surface area contributed by atoms with Crippen LogP contribution in [0, 0.1) is 6.92 Å². The molecule has 0 radical (unpaired) electrons. The van der Waals surface area contributed by atoms with Crippen LogP contribution in [0.2, 0.25) is 0 Å². The standard InChI is InChI=1S/C15H15N3O2/c1-10-17-12-8-11(5-6-13(12)18(10)2)9-16-15(19)14-4-3-7-20-14/h3-8H,9H2,1-2H3,(H,16,19). The van der Waals surface area contributed by atoms with Gasteiger partial charge in [0.05, 0.1) is 17.3 Å². The van der Waals surface area contributed by atoms with Crippen molar-refractivity contribution in [1.29, 1.82) is 0 Å². The molecule has 2 aromatic heterocycles. The fourth-order valence-corrected chi connectivity index (χ4v) is 2.15. The van der Waals surface area contributed by atoms with Crippen LogP contribution in [-0.4, -0.2) is 15.5 Å². The molecule has 2 heterocycles. The molecule has 3 rings (SSSR count). The average Bonchev–Trinajstić information content (AvgIpc) is 3.06. The first-order valence-corrected chi connectivity index (χ1v) is 6.39. The summed E-state index contributed by atoms with van der Waals surface area (Å²) in [5.41, 5.74) is 3.04. The highest BCUT2D eigenvalue weighted by atomic mass is 16.3. The maximum Gasteiger partial charge on any atom is 0.287 e. The highest BCUT2D eigenvalue weighted by Crippen LogP contribution is 2.16. The van der Waals surface area contributed by atoms with Gasteiger partial charge >= 0.3 is 0 Å². The van der Waals surface area contributed by atoms with Gasteiger partial charge in [-0.25, -0.2) is 4.98 Å². The molecule has 0 aliphatic carbocycles. The summed E-state index contributed by atoms with van der Waals surface area (Å²) in [6, 6.07) is 9.33. The monoisotopic (exact) mass is 269 g/mol. The van der Waals surface area contributed by atoms with Crippen molar-refractivity contribution in [3.8, 4) is 0 Å². The lowest BCUT2D eigenvalue weighted by Gasteiger charge is -2.04. The lowest BCUT2D eigenvalue weighted by molar-refractivity contribution is 0.0923. The third-order valence-electron chi connectivity index (χ3n) is 3.37. The Morgan fingerprint density at radius 2 is 2.25 bits per heavy atom. The Hall–Kier alpha value is -2.56. The number of amides is 1. The topological polar surface area (TPSA) is 60.1 Å². The Kier molecular flexibility index (Phi) is 3.02. The molecule has 0 atom stereocenters. The van der Waals surface area contributed by atoms with Crippen LogP contribution < -0.4 is 5.32 Å². The summed E-state index contributed by atoms with van der Waals surface area (Å²) in [5, 5.41) is 2.82. The largest absolute Gasteiger partial charge is 0.459 e. The van der Waals surface area contributed by atoms with Crippen molar-refractivity contribution < 1.29 is 9.21 Å². The zero-order valence-corrected chi connectivity index (χ0v) is 11.4. The van der Waals surface area contributed by atoms with Gasteiger partial charge in [0.2, 0.25) is 0 Å². The van der Waals surface area contributed by atoms with E-state index in [0.717, 1.165) is 22.4 Å². The Labute approximate surface area is 116 Å². The van der Waals surface area contributed by atoms with Crippen LogP contribution in [0.1, 0.15) is 21.9 Å². The molecule has 0 fully saturated rings. The third-order valence-corrected chi connectivity index (χ3v) is 3.37. The Morgan fingerprint density at radius 1 is 1.40 bits per heavy atom. The molecular weight excluding hydrogens is 254 g/mol. The molecule has 102 valence electrons. The van der Waals surface area contributed by atoms with Crippen molar-refractivity contribution in [2.24, 2.45) is 7.05 Å². The van der Waals surface area contributed by atoms with Crippen LogP contribution in [0.25, 0.3) is 11.0 Å². The van der Waals surface area contributed by atoms with Crippen LogP contribution in [0.5, 0.6) is 0 Å². The van der Waals surface area contributed by atoms with Gasteiger partial charge in [-0.2, -0.15) is 0 Å². The molecule has 0 aliphatic heterocycles. The van der Waals surface area contributed by atoms with Gasteiger partial charge in [0.1, 0.15) is 5.82 Å². The first-order valence-electron chi connectivity index (χ1n) is 6.39. The summed E-state index contributed by atoms with van der Waals surface area (Å²) in [6.45, 7) is 2.42. The number of imidazole rings is 1. The molecule has 0 aliphatic rings. The number of carbonyl (C=O) groups is 1. The first kappa shape index (κ1) is 12.5. The number of hydrogen-bond acceptors (Lipinski definition) is 3. The number of benzene rings is 1. The summed E-state index contributed by atoms with van der Waals surface area (Å²) >= 11 is 0. The predicted molar refractivity (Wildman–Crippen MR) is 75.3 cm³/mol. The molecule has 20 heavy (non-hydrogen) atoms. The Bertz CT molecular complexity index is 757. The highest BCUT2D eigenvalue weighted by Gasteiger charge is 2.09. The van der Waals surface area contributed by atoms with Gasteiger partial charge in [0.15, 0.2) is 5.76 Å². The maximum absolute atomic E-state index is 11.8. The number of furan rings is 1. The van der Waals surface area contributed by atoms with Crippen molar-refractivity contribution in [2.75, 3.05) is 0 Å². The van der Waals surface area contributed by atoms with Gasteiger partial charge < -0.3 is 14.3 Å². The summed E-state index contributed by atoms with van der Waals surface area (Å²) in [4.78, 5) is 16.3. The van der Waals surface area contributed by atoms with E-state index in [1.165, 1.54) is 6.26 Å². The number of rotatable bonds is 3. The van der Waals surface area contributed by atoms with Crippen molar-refractivity contribution in [3.05, 3.63) is 53.7 Å². The molecule has 0 bridgehead atoms. The van der Waals surface area contributed by atoms with E-state index < -0.39 is 0 Å². The third kappa shape index (κ3) is 2.18. The number of hydrogen-bond donors (Lipinski definition) is 1. The summed E-state index contributed by atoms with van der Waals surface area (Å²) < 4.78 is 7.09. The van der Waals surface area contributed by atoms with E-state index in [-0.39, 0.29) is 5.91 Å². The summed E-state index contributed by atoms with van der Waals surface area (Å²) in [7, 11) is 1.99. The van der Waals surface area contributed by atoms with E-state index in [1.807, 2.05) is 36.7 Å². The number of aryl methyl sites for hydroxylation is 2. The van der Waals surface area contributed by atoms with Gasteiger partial charge in [-0.3, -0.25) is 4.79 Å². The summed E-state index contributed by atoms with van der Waals surface area (Å²) in [5.74, 6) is 1.07.